The maximum Gasteiger partial charge on any atom is 0.0929 e. The molecule has 1 fully saturated rings. The van der Waals surface area contributed by atoms with E-state index >= 15 is 0 Å². The summed E-state index contributed by atoms with van der Waals surface area (Å²) in [5, 5.41) is 12.1. The SMILES string of the molecule is OCCCc1nc(C2CCCC2)cs1. The molecule has 1 heterocycles. The van der Waals surface area contributed by atoms with Crippen molar-refractivity contribution in [3.05, 3.63) is 16.1 Å². The van der Waals surface area contributed by atoms with Crippen LogP contribution in [0.25, 0.3) is 0 Å². The zero-order chi connectivity index (χ0) is 9.80. The van der Waals surface area contributed by atoms with Gasteiger partial charge in [-0.2, -0.15) is 0 Å². The summed E-state index contributed by atoms with van der Waals surface area (Å²) in [6.07, 6.45) is 7.17. The summed E-state index contributed by atoms with van der Waals surface area (Å²) in [5.74, 6) is 0.731. The van der Waals surface area contributed by atoms with Crippen LogP contribution in [0.4, 0.5) is 0 Å². The van der Waals surface area contributed by atoms with Crippen LogP contribution in [0, 0.1) is 0 Å². The second-order valence-corrected chi connectivity index (χ2v) is 4.92. The third-order valence-corrected chi connectivity index (χ3v) is 3.82. The molecule has 0 radical (unpaired) electrons. The van der Waals surface area contributed by atoms with Crippen molar-refractivity contribution in [1.82, 2.24) is 4.98 Å². The number of aromatic nitrogens is 1. The average Bonchev–Trinajstić information content (AvgIpc) is 2.85. The lowest BCUT2D eigenvalue weighted by Crippen LogP contribution is -1.94. The van der Waals surface area contributed by atoms with Crippen molar-refractivity contribution in [2.24, 2.45) is 0 Å². The smallest absolute Gasteiger partial charge is 0.0929 e. The van der Waals surface area contributed by atoms with E-state index in [4.69, 9.17) is 5.11 Å². The molecule has 0 spiro atoms. The van der Waals surface area contributed by atoms with E-state index in [1.807, 2.05) is 0 Å². The zero-order valence-electron chi connectivity index (χ0n) is 8.41. The van der Waals surface area contributed by atoms with E-state index in [0.29, 0.717) is 0 Å². The molecule has 0 atom stereocenters. The summed E-state index contributed by atoms with van der Waals surface area (Å²) in [6.45, 7) is 0.276. The second-order valence-electron chi connectivity index (χ2n) is 3.97. The Morgan fingerprint density at radius 1 is 1.43 bits per heavy atom. The van der Waals surface area contributed by atoms with Gasteiger partial charge in [0.2, 0.25) is 0 Å². The molecule has 78 valence electrons. The van der Waals surface area contributed by atoms with E-state index in [-0.39, 0.29) is 6.61 Å². The van der Waals surface area contributed by atoms with Crippen molar-refractivity contribution in [2.75, 3.05) is 6.61 Å². The molecular weight excluding hydrogens is 194 g/mol. The van der Waals surface area contributed by atoms with Gasteiger partial charge in [0.05, 0.1) is 10.7 Å². The number of rotatable bonds is 4. The molecule has 14 heavy (non-hydrogen) atoms. The van der Waals surface area contributed by atoms with Gasteiger partial charge >= 0.3 is 0 Å². The van der Waals surface area contributed by atoms with Gasteiger partial charge in [0.1, 0.15) is 0 Å². The number of aliphatic hydroxyl groups excluding tert-OH is 1. The number of aryl methyl sites for hydroxylation is 1. The number of hydrogen-bond acceptors (Lipinski definition) is 3. The molecule has 0 bridgehead atoms. The van der Waals surface area contributed by atoms with Crippen LogP contribution in [-0.4, -0.2) is 16.7 Å². The highest BCUT2D eigenvalue weighted by Gasteiger charge is 2.19. The van der Waals surface area contributed by atoms with E-state index in [1.165, 1.54) is 36.4 Å². The summed E-state index contributed by atoms with van der Waals surface area (Å²) in [4.78, 5) is 4.64. The predicted octanol–water partition coefficient (Wildman–Crippen LogP) is 2.73. The minimum absolute atomic E-state index is 0.276. The Hall–Kier alpha value is -0.410. The monoisotopic (exact) mass is 211 g/mol. The summed E-state index contributed by atoms with van der Waals surface area (Å²) < 4.78 is 0. The first-order valence-corrected chi connectivity index (χ1v) is 6.33. The third kappa shape index (κ3) is 2.34. The van der Waals surface area contributed by atoms with Crippen LogP contribution in [0.5, 0.6) is 0 Å². The highest BCUT2D eigenvalue weighted by Crippen LogP contribution is 2.34. The fourth-order valence-corrected chi connectivity index (χ4v) is 3.00. The van der Waals surface area contributed by atoms with Gasteiger partial charge in [0, 0.05) is 24.3 Å². The Balaban J connectivity index is 1.94. The van der Waals surface area contributed by atoms with E-state index in [9.17, 15) is 0 Å². The van der Waals surface area contributed by atoms with Crippen LogP contribution >= 0.6 is 11.3 Å². The van der Waals surface area contributed by atoms with Crippen molar-refractivity contribution in [1.29, 1.82) is 0 Å². The summed E-state index contributed by atoms with van der Waals surface area (Å²) in [6, 6.07) is 0. The molecule has 1 aliphatic carbocycles. The molecule has 0 unspecified atom stereocenters. The Bertz CT molecular complexity index is 279. The first-order valence-electron chi connectivity index (χ1n) is 5.45. The number of hydrogen-bond donors (Lipinski definition) is 1. The summed E-state index contributed by atoms with van der Waals surface area (Å²) >= 11 is 1.75. The topological polar surface area (TPSA) is 33.1 Å². The quantitative estimate of drug-likeness (QED) is 0.830. The Labute approximate surface area is 89.0 Å². The maximum atomic E-state index is 8.72. The number of thiazole rings is 1. The Morgan fingerprint density at radius 3 is 2.93 bits per heavy atom. The van der Waals surface area contributed by atoms with Gasteiger partial charge in [-0.15, -0.1) is 11.3 Å². The molecule has 3 heteroatoms. The third-order valence-electron chi connectivity index (χ3n) is 2.89. The fraction of sp³-hybridized carbons (Fsp3) is 0.727. The lowest BCUT2D eigenvalue weighted by atomic mass is 10.1. The van der Waals surface area contributed by atoms with Gasteiger partial charge in [-0.3, -0.25) is 0 Å². The Morgan fingerprint density at radius 2 is 2.21 bits per heavy atom. The molecule has 1 N–H and O–H groups in total. The summed E-state index contributed by atoms with van der Waals surface area (Å²) in [5.41, 5.74) is 1.31. The van der Waals surface area contributed by atoms with E-state index in [2.05, 4.69) is 10.4 Å². The number of aliphatic hydroxyl groups is 1. The molecule has 0 amide bonds. The van der Waals surface area contributed by atoms with Crippen molar-refractivity contribution in [2.45, 2.75) is 44.4 Å². The molecule has 1 saturated carbocycles. The minimum atomic E-state index is 0.276. The summed E-state index contributed by atoms with van der Waals surface area (Å²) in [7, 11) is 0. The van der Waals surface area contributed by atoms with Crippen molar-refractivity contribution in [3.63, 3.8) is 0 Å². The van der Waals surface area contributed by atoms with Gasteiger partial charge in [0.15, 0.2) is 0 Å². The highest BCUT2D eigenvalue weighted by atomic mass is 32.1. The molecule has 2 rings (SSSR count). The van der Waals surface area contributed by atoms with Crippen LogP contribution in [0.15, 0.2) is 5.38 Å². The normalized spacial score (nSPS) is 17.8. The molecule has 2 nitrogen and oxygen atoms in total. The van der Waals surface area contributed by atoms with Crippen LogP contribution in [0.3, 0.4) is 0 Å². The molecule has 1 aromatic heterocycles. The first-order chi connectivity index (χ1) is 6.90. The van der Waals surface area contributed by atoms with Gasteiger partial charge in [-0.05, 0) is 19.3 Å². The van der Waals surface area contributed by atoms with Gasteiger partial charge in [-0.25, -0.2) is 4.98 Å². The first kappa shape index (κ1) is 10.1. The van der Waals surface area contributed by atoms with Gasteiger partial charge in [-0.1, -0.05) is 12.8 Å². The van der Waals surface area contributed by atoms with Crippen molar-refractivity contribution < 1.29 is 5.11 Å². The number of nitrogens with zero attached hydrogens (tertiary/aromatic N) is 1. The standard InChI is InChI=1S/C11H17NOS/c13-7-3-6-11-12-10(8-14-11)9-4-1-2-5-9/h8-9,13H,1-7H2. The minimum Gasteiger partial charge on any atom is -0.396 e. The van der Waals surface area contributed by atoms with Crippen molar-refractivity contribution >= 4 is 11.3 Å². The molecule has 1 aliphatic rings. The second kappa shape index (κ2) is 4.89. The van der Waals surface area contributed by atoms with Gasteiger partial charge < -0.3 is 5.11 Å². The van der Waals surface area contributed by atoms with E-state index in [1.54, 1.807) is 11.3 Å². The predicted molar refractivity (Wildman–Crippen MR) is 58.7 cm³/mol. The molecule has 1 aromatic rings. The van der Waals surface area contributed by atoms with Gasteiger partial charge in [0.25, 0.3) is 0 Å². The van der Waals surface area contributed by atoms with E-state index in [0.717, 1.165) is 18.8 Å². The van der Waals surface area contributed by atoms with Crippen LogP contribution < -0.4 is 0 Å². The van der Waals surface area contributed by atoms with E-state index < -0.39 is 0 Å². The average molecular weight is 211 g/mol. The largest absolute Gasteiger partial charge is 0.396 e. The molecule has 0 saturated heterocycles. The Kier molecular flexibility index (Phi) is 3.54. The highest BCUT2D eigenvalue weighted by molar-refractivity contribution is 7.09. The fourth-order valence-electron chi connectivity index (χ4n) is 2.08. The van der Waals surface area contributed by atoms with Crippen LogP contribution in [0.2, 0.25) is 0 Å². The molecular formula is C11H17NOS. The van der Waals surface area contributed by atoms with Crippen molar-refractivity contribution in [3.8, 4) is 0 Å². The van der Waals surface area contributed by atoms with Crippen LogP contribution in [0.1, 0.15) is 48.7 Å². The molecule has 0 aromatic carbocycles. The van der Waals surface area contributed by atoms with Crippen LogP contribution in [-0.2, 0) is 6.42 Å². The molecule has 0 aliphatic heterocycles. The zero-order valence-corrected chi connectivity index (χ0v) is 9.22. The lowest BCUT2D eigenvalue weighted by molar-refractivity contribution is 0.288. The maximum absolute atomic E-state index is 8.72. The lowest BCUT2D eigenvalue weighted by Gasteiger charge is -2.02.